The van der Waals surface area contributed by atoms with E-state index in [2.05, 4.69) is 6.92 Å². The first-order chi connectivity index (χ1) is 7.63. The van der Waals surface area contributed by atoms with Crippen molar-refractivity contribution in [3.63, 3.8) is 0 Å². The molecule has 0 saturated carbocycles. The maximum atomic E-state index is 11.5. The molecular weight excluding hydrogens is 202 g/mol. The fourth-order valence-corrected chi connectivity index (χ4v) is 1.23. The number of nitrogens with zero attached hydrogens (tertiary/aromatic N) is 1. The molecule has 3 heteroatoms. The number of ether oxygens (including phenoxy) is 1. The van der Waals surface area contributed by atoms with Gasteiger partial charge in [-0.3, -0.25) is 4.79 Å². The lowest BCUT2D eigenvalue weighted by atomic mass is 10.1. The molecular formula is C13H18NO2. The Morgan fingerprint density at radius 2 is 1.94 bits per heavy atom. The number of carbonyl (C=O) groups is 1. The van der Waals surface area contributed by atoms with Gasteiger partial charge in [0.1, 0.15) is 5.75 Å². The minimum atomic E-state index is 0.103. The standard InChI is InChI=1S/C13H18NO2/c1-4-9-16-12-7-5-11(6-8-12)10-13(15)14(2)3/h5-8H,1,4,9-10H2,2-3H3. The van der Waals surface area contributed by atoms with E-state index in [0.717, 1.165) is 17.7 Å². The third kappa shape index (κ3) is 3.93. The van der Waals surface area contributed by atoms with Crippen molar-refractivity contribution >= 4 is 5.91 Å². The first kappa shape index (κ1) is 12.6. The summed E-state index contributed by atoms with van der Waals surface area (Å²) in [5, 5.41) is 0. The van der Waals surface area contributed by atoms with Crippen molar-refractivity contribution < 1.29 is 9.53 Å². The fraction of sp³-hybridized carbons (Fsp3) is 0.385. The number of benzene rings is 1. The molecule has 0 spiro atoms. The van der Waals surface area contributed by atoms with Crippen molar-refractivity contribution in [3.8, 4) is 5.75 Å². The minimum Gasteiger partial charge on any atom is -0.494 e. The van der Waals surface area contributed by atoms with E-state index in [0.29, 0.717) is 13.0 Å². The molecule has 87 valence electrons. The molecule has 0 fully saturated rings. The molecule has 1 aromatic rings. The van der Waals surface area contributed by atoms with Crippen LogP contribution in [0.3, 0.4) is 0 Å². The number of carbonyl (C=O) groups excluding carboxylic acids is 1. The van der Waals surface area contributed by atoms with E-state index in [1.165, 1.54) is 0 Å². The van der Waals surface area contributed by atoms with Crippen molar-refractivity contribution in [3.05, 3.63) is 36.8 Å². The van der Waals surface area contributed by atoms with Crippen molar-refractivity contribution in [1.82, 2.24) is 4.90 Å². The van der Waals surface area contributed by atoms with Gasteiger partial charge in [0.15, 0.2) is 0 Å². The zero-order valence-corrected chi connectivity index (χ0v) is 9.90. The number of likely N-dealkylation sites (N-methyl/N-ethyl adjacent to an activating group) is 1. The second-order valence-electron chi connectivity index (χ2n) is 3.81. The van der Waals surface area contributed by atoms with Gasteiger partial charge in [0.05, 0.1) is 13.0 Å². The first-order valence-corrected chi connectivity index (χ1v) is 5.34. The highest BCUT2D eigenvalue weighted by Crippen LogP contribution is 2.13. The lowest BCUT2D eigenvalue weighted by Gasteiger charge is -2.10. The van der Waals surface area contributed by atoms with Gasteiger partial charge in [-0.05, 0) is 31.0 Å². The van der Waals surface area contributed by atoms with Gasteiger partial charge in [-0.25, -0.2) is 0 Å². The van der Waals surface area contributed by atoms with E-state index < -0.39 is 0 Å². The Morgan fingerprint density at radius 3 is 2.44 bits per heavy atom. The Bertz CT molecular complexity index is 330. The van der Waals surface area contributed by atoms with Crippen LogP contribution in [0.25, 0.3) is 0 Å². The minimum absolute atomic E-state index is 0.103. The molecule has 16 heavy (non-hydrogen) atoms. The summed E-state index contributed by atoms with van der Waals surface area (Å²) in [5.74, 6) is 0.927. The summed E-state index contributed by atoms with van der Waals surface area (Å²) in [6.07, 6.45) is 1.18. The van der Waals surface area contributed by atoms with Crippen LogP contribution in [0.4, 0.5) is 0 Å². The summed E-state index contributed by atoms with van der Waals surface area (Å²) in [4.78, 5) is 13.0. The largest absolute Gasteiger partial charge is 0.494 e. The molecule has 1 amide bonds. The van der Waals surface area contributed by atoms with E-state index >= 15 is 0 Å². The zero-order valence-electron chi connectivity index (χ0n) is 9.90. The van der Waals surface area contributed by atoms with E-state index in [9.17, 15) is 4.79 Å². The Labute approximate surface area is 97.0 Å². The topological polar surface area (TPSA) is 29.5 Å². The zero-order chi connectivity index (χ0) is 12.0. The molecule has 0 aromatic heterocycles. The maximum absolute atomic E-state index is 11.5. The SMILES string of the molecule is [CH2]CCOc1ccc(CC(=O)N(C)C)cc1. The van der Waals surface area contributed by atoms with E-state index in [1.807, 2.05) is 24.3 Å². The second kappa shape index (κ2) is 6.16. The average Bonchev–Trinajstić information content (AvgIpc) is 2.28. The summed E-state index contributed by atoms with van der Waals surface area (Å²) in [7, 11) is 3.52. The van der Waals surface area contributed by atoms with Gasteiger partial charge in [0, 0.05) is 14.1 Å². The highest BCUT2D eigenvalue weighted by molar-refractivity contribution is 5.78. The van der Waals surface area contributed by atoms with Crippen molar-refractivity contribution in [2.24, 2.45) is 0 Å². The average molecular weight is 220 g/mol. The molecule has 0 unspecified atom stereocenters. The summed E-state index contributed by atoms with van der Waals surface area (Å²) in [5.41, 5.74) is 1.00. The Hall–Kier alpha value is -1.51. The molecule has 0 N–H and O–H groups in total. The summed E-state index contributed by atoms with van der Waals surface area (Å²) >= 11 is 0. The number of amides is 1. The third-order valence-corrected chi connectivity index (χ3v) is 2.19. The van der Waals surface area contributed by atoms with Gasteiger partial charge in [-0.1, -0.05) is 12.1 Å². The third-order valence-electron chi connectivity index (χ3n) is 2.19. The number of rotatable bonds is 5. The predicted molar refractivity (Wildman–Crippen MR) is 64.3 cm³/mol. The summed E-state index contributed by atoms with van der Waals surface area (Å²) in [6, 6.07) is 7.60. The molecule has 1 aromatic carbocycles. The molecule has 3 nitrogen and oxygen atoms in total. The fourth-order valence-electron chi connectivity index (χ4n) is 1.23. The van der Waals surface area contributed by atoms with Crippen molar-refractivity contribution in [2.45, 2.75) is 12.8 Å². The van der Waals surface area contributed by atoms with E-state index in [1.54, 1.807) is 19.0 Å². The molecule has 0 aliphatic rings. The highest BCUT2D eigenvalue weighted by Gasteiger charge is 2.05. The van der Waals surface area contributed by atoms with Gasteiger partial charge in [0.2, 0.25) is 5.91 Å². The molecule has 1 rings (SSSR count). The molecule has 0 aliphatic carbocycles. The predicted octanol–water partition coefficient (Wildman–Crippen LogP) is 1.92. The van der Waals surface area contributed by atoms with Gasteiger partial charge < -0.3 is 9.64 Å². The Morgan fingerprint density at radius 1 is 1.31 bits per heavy atom. The van der Waals surface area contributed by atoms with Crippen LogP contribution in [-0.4, -0.2) is 31.5 Å². The van der Waals surface area contributed by atoms with Crippen LogP contribution < -0.4 is 4.74 Å². The molecule has 1 radical (unpaired) electrons. The van der Waals surface area contributed by atoms with E-state index in [4.69, 9.17) is 4.74 Å². The first-order valence-electron chi connectivity index (χ1n) is 5.34. The normalized spacial score (nSPS) is 9.94. The van der Waals surface area contributed by atoms with Crippen molar-refractivity contribution in [2.75, 3.05) is 20.7 Å². The maximum Gasteiger partial charge on any atom is 0.226 e. The van der Waals surface area contributed by atoms with Crippen LogP contribution in [0.1, 0.15) is 12.0 Å². The van der Waals surface area contributed by atoms with Gasteiger partial charge in [-0.15, -0.1) is 0 Å². The highest BCUT2D eigenvalue weighted by atomic mass is 16.5. The lowest BCUT2D eigenvalue weighted by molar-refractivity contribution is -0.127. The Kier molecular flexibility index (Phi) is 4.83. The summed E-state index contributed by atoms with van der Waals surface area (Å²) < 4.78 is 5.40. The lowest BCUT2D eigenvalue weighted by Crippen LogP contribution is -2.23. The molecule has 0 saturated heterocycles. The molecule has 0 bridgehead atoms. The smallest absolute Gasteiger partial charge is 0.226 e. The molecule has 0 aliphatic heterocycles. The van der Waals surface area contributed by atoms with Crippen molar-refractivity contribution in [1.29, 1.82) is 0 Å². The van der Waals surface area contributed by atoms with Crippen LogP contribution in [0, 0.1) is 6.92 Å². The van der Waals surface area contributed by atoms with Crippen LogP contribution in [-0.2, 0) is 11.2 Å². The monoisotopic (exact) mass is 220 g/mol. The van der Waals surface area contributed by atoms with Crippen LogP contribution in [0.15, 0.2) is 24.3 Å². The van der Waals surface area contributed by atoms with Gasteiger partial charge in [0.25, 0.3) is 0 Å². The second-order valence-corrected chi connectivity index (χ2v) is 3.81. The summed E-state index contributed by atoms with van der Waals surface area (Å²) in [6.45, 7) is 4.32. The van der Waals surface area contributed by atoms with Gasteiger partial charge >= 0.3 is 0 Å². The number of hydrogen-bond acceptors (Lipinski definition) is 2. The van der Waals surface area contributed by atoms with Crippen LogP contribution in [0.2, 0.25) is 0 Å². The van der Waals surface area contributed by atoms with Gasteiger partial charge in [-0.2, -0.15) is 0 Å². The number of hydrogen-bond donors (Lipinski definition) is 0. The quantitative estimate of drug-likeness (QED) is 0.758. The molecule has 0 atom stereocenters. The Balaban J connectivity index is 2.54. The van der Waals surface area contributed by atoms with E-state index in [-0.39, 0.29) is 5.91 Å². The molecule has 0 heterocycles. The van der Waals surface area contributed by atoms with Crippen LogP contribution >= 0.6 is 0 Å². The van der Waals surface area contributed by atoms with Crippen LogP contribution in [0.5, 0.6) is 5.75 Å².